The molecule has 25 heavy (non-hydrogen) atoms. The molecule has 2 aromatic rings. The van der Waals surface area contributed by atoms with Crippen LogP contribution in [-0.2, 0) is 11.2 Å². The summed E-state index contributed by atoms with van der Waals surface area (Å²) >= 11 is 0. The van der Waals surface area contributed by atoms with Gasteiger partial charge in [-0.05, 0) is 43.0 Å². The van der Waals surface area contributed by atoms with Crippen molar-refractivity contribution in [3.63, 3.8) is 0 Å². The van der Waals surface area contributed by atoms with Gasteiger partial charge >= 0.3 is 0 Å². The summed E-state index contributed by atoms with van der Waals surface area (Å²) < 4.78 is 10.9. The molecule has 6 heteroatoms. The van der Waals surface area contributed by atoms with Crippen LogP contribution < -0.4 is 4.74 Å². The molecule has 1 fully saturated rings. The van der Waals surface area contributed by atoms with Crippen LogP contribution in [-0.4, -0.2) is 47.7 Å². The van der Waals surface area contributed by atoms with Crippen molar-refractivity contribution in [1.29, 1.82) is 0 Å². The minimum Gasteiger partial charge on any atom is -0.497 e. The van der Waals surface area contributed by atoms with Crippen LogP contribution in [0.4, 0.5) is 0 Å². The Morgan fingerprint density at radius 2 is 2.04 bits per heavy atom. The molecule has 1 aromatic heterocycles. The van der Waals surface area contributed by atoms with Crippen molar-refractivity contribution in [3.8, 4) is 17.1 Å². The number of amides is 1. The highest BCUT2D eigenvalue weighted by atomic mass is 16.5. The summed E-state index contributed by atoms with van der Waals surface area (Å²) in [6.07, 6.45) is 4.33. The molecule has 1 saturated heterocycles. The first-order valence-corrected chi connectivity index (χ1v) is 8.67. The van der Waals surface area contributed by atoms with E-state index in [2.05, 4.69) is 4.98 Å². The van der Waals surface area contributed by atoms with E-state index < -0.39 is 0 Å². The predicted molar refractivity (Wildman–Crippen MR) is 93.2 cm³/mol. The zero-order valence-corrected chi connectivity index (χ0v) is 14.5. The van der Waals surface area contributed by atoms with Crippen LogP contribution in [0.3, 0.4) is 0 Å². The summed E-state index contributed by atoms with van der Waals surface area (Å²) in [7, 11) is 1.63. The number of piperidine rings is 1. The second-order valence-electron chi connectivity index (χ2n) is 6.35. The van der Waals surface area contributed by atoms with Gasteiger partial charge in [-0.15, -0.1) is 0 Å². The first-order chi connectivity index (χ1) is 12.2. The van der Waals surface area contributed by atoms with Crippen molar-refractivity contribution in [2.75, 3.05) is 26.8 Å². The lowest BCUT2D eigenvalue weighted by atomic mass is 9.97. The number of likely N-dealkylation sites (tertiary alicyclic amines) is 1. The highest BCUT2D eigenvalue weighted by Gasteiger charge is 2.22. The Morgan fingerprint density at radius 3 is 2.68 bits per heavy atom. The molecule has 0 bridgehead atoms. The molecular formula is C19H24N2O4. The second-order valence-corrected chi connectivity index (χ2v) is 6.35. The standard InChI is InChI=1S/C19H24N2O4/c1-24-16-4-2-15(3-5-16)17-12-20-18(25-17)6-7-19(23)21-10-8-14(13-22)9-11-21/h2-5,12,14,22H,6-11,13H2,1H3. The summed E-state index contributed by atoms with van der Waals surface area (Å²) in [5.74, 6) is 2.51. The van der Waals surface area contributed by atoms with Gasteiger partial charge in [0.25, 0.3) is 0 Å². The van der Waals surface area contributed by atoms with Gasteiger partial charge in [0.05, 0.1) is 13.3 Å². The molecule has 0 saturated carbocycles. The molecular weight excluding hydrogens is 320 g/mol. The monoisotopic (exact) mass is 344 g/mol. The number of carbonyl (C=O) groups excluding carboxylic acids is 1. The van der Waals surface area contributed by atoms with E-state index in [0.29, 0.717) is 30.4 Å². The van der Waals surface area contributed by atoms with Gasteiger partial charge in [0, 0.05) is 38.1 Å². The molecule has 134 valence electrons. The normalized spacial score (nSPS) is 15.4. The Kier molecular flexibility index (Phi) is 5.71. The number of ether oxygens (including phenoxy) is 1. The summed E-state index contributed by atoms with van der Waals surface area (Å²) in [5.41, 5.74) is 0.928. The van der Waals surface area contributed by atoms with Gasteiger partial charge in [-0.25, -0.2) is 4.98 Å². The lowest BCUT2D eigenvalue weighted by molar-refractivity contribution is -0.132. The van der Waals surface area contributed by atoms with Crippen LogP contribution in [0.25, 0.3) is 11.3 Å². The molecule has 0 unspecified atom stereocenters. The number of aliphatic hydroxyl groups is 1. The largest absolute Gasteiger partial charge is 0.497 e. The fourth-order valence-electron chi connectivity index (χ4n) is 3.05. The van der Waals surface area contributed by atoms with Gasteiger partial charge < -0.3 is 19.2 Å². The van der Waals surface area contributed by atoms with Gasteiger partial charge in [-0.3, -0.25) is 4.79 Å². The van der Waals surface area contributed by atoms with Gasteiger partial charge in [-0.1, -0.05) is 0 Å². The van der Waals surface area contributed by atoms with Crippen molar-refractivity contribution >= 4 is 5.91 Å². The fraction of sp³-hybridized carbons (Fsp3) is 0.474. The number of hydrogen-bond acceptors (Lipinski definition) is 5. The molecule has 6 nitrogen and oxygen atoms in total. The van der Waals surface area contributed by atoms with Crippen LogP contribution >= 0.6 is 0 Å². The fourth-order valence-corrected chi connectivity index (χ4v) is 3.05. The Bertz CT molecular complexity index is 688. The van der Waals surface area contributed by atoms with Crippen LogP contribution in [0.15, 0.2) is 34.9 Å². The highest BCUT2D eigenvalue weighted by molar-refractivity contribution is 5.76. The summed E-state index contributed by atoms with van der Waals surface area (Å²) in [5, 5.41) is 9.16. The maximum atomic E-state index is 12.3. The molecule has 1 amide bonds. The molecule has 0 atom stereocenters. The zero-order chi connectivity index (χ0) is 17.6. The summed E-state index contributed by atoms with van der Waals surface area (Å²) in [4.78, 5) is 18.4. The van der Waals surface area contributed by atoms with E-state index in [-0.39, 0.29) is 12.5 Å². The van der Waals surface area contributed by atoms with Crippen molar-refractivity contribution < 1.29 is 19.1 Å². The van der Waals surface area contributed by atoms with Crippen molar-refractivity contribution in [2.45, 2.75) is 25.7 Å². The maximum absolute atomic E-state index is 12.3. The number of oxazole rings is 1. The summed E-state index contributed by atoms with van der Waals surface area (Å²) in [6, 6.07) is 7.58. The SMILES string of the molecule is COc1ccc(-c2cnc(CCC(=O)N3CCC(CO)CC3)o2)cc1. The van der Waals surface area contributed by atoms with E-state index in [0.717, 1.165) is 37.2 Å². The highest BCUT2D eigenvalue weighted by Crippen LogP contribution is 2.24. The van der Waals surface area contributed by atoms with E-state index in [1.807, 2.05) is 29.2 Å². The molecule has 1 aromatic carbocycles. The van der Waals surface area contributed by atoms with Crippen LogP contribution in [0, 0.1) is 5.92 Å². The van der Waals surface area contributed by atoms with Crippen LogP contribution in [0.2, 0.25) is 0 Å². The molecule has 0 aliphatic carbocycles. The van der Waals surface area contributed by atoms with Gasteiger partial charge in [0.1, 0.15) is 5.75 Å². The average Bonchev–Trinajstić information content (AvgIpc) is 3.15. The molecule has 3 rings (SSSR count). The van der Waals surface area contributed by atoms with Crippen molar-refractivity contribution in [3.05, 3.63) is 36.4 Å². The lowest BCUT2D eigenvalue weighted by Crippen LogP contribution is -2.39. The van der Waals surface area contributed by atoms with E-state index in [1.165, 1.54) is 0 Å². The molecule has 1 aliphatic heterocycles. The van der Waals surface area contributed by atoms with Gasteiger partial charge in [-0.2, -0.15) is 0 Å². The third kappa shape index (κ3) is 4.39. The third-order valence-corrected chi connectivity index (χ3v) is 4.71. The van der Waals surface area contributed by atoms with Crippen LogP contribution in [0.5, 0.6) is 5.75 Å². The number of hydrogen-bond donors (Lipinski definition) is 1. The first-order valence-electron chi connectivity index (χ1n) is 8.67. The maximum Gasteiger partial charge on any atom is 0.223 e. The van der Waals surface area contributed by atoms with Crippen molar-refractivity contribution in [2.24, 2.45) is 5.92 Å². The Morgan fingerprint density at radius 1 is 1.32 bits per heavy atom. The quantitative estimate of drug-likeness (QED) is 0.871. The van der Waals surface area contributed by atoms with E-state index in [4.69, 9.17) is 14.3 Å². The number of nitrogens with zero attached hydrogens (tertiary/aromatic N) is 2. The number of benzene rings is 1. The minimum atomic E-state index is 0.126. The number of aromatic nitrogens is 1. The number of carbonyl (C=O) groups is 1. The number of methoxy groups -OCH3 is 1. The third-order valence-electron chi connectivity index (χ3n) is 4.71. The topological polar surface area (TPSA) is 75.8 Å². The summed E-state index contributed by atoms with van der Waals surface area (Å²) in [6.45, 7) is 1.67. The molecule has 2 heterocycles. The molecule has 0 radical (unpaired) electrons. The van der Waals surface area contributed by atoms with Crippen LogP contribution in [0.1, 0.15) is 25.2 Å². The first kappa shape index (κ1) is 17.5. The Labute approximate surface area is 147 Å². The van der Waals surface area contributed by atoms with Gasteiger partial charge in [0.15, 0.2) is 11.7 Å². The number of rotatable bonds is 6. The van der Waals surface area contributed by atoms with Crippen molar-refractivity contribution in [1.82, 2.24) is 9.88 Å². The predicted octanol–water partition coefficient (Wildman–Crippen LogP) is 2.51. The Balaban J connectivity index is 1.52. The number of aryl methyl sites for hydroxylation is 1. The van der Waals surface area contributed by atoms with Gasteiger partial charge in [0.2, 0.25) is 5.91 Å². The second kappa shape index (κ2) is 8.16. The zero-order valence-electron chi connectivity index (χ0n) is 14.5. The smallest absolute Gasteiger partial charge is 0.223 e. The minimum absolute atomic E-state index is 0.126. The average molecular weight is 344 g/mol. The number of aliphatic hydroxyl groups excluding tert-OH is 1. The van der Waals surface area contributed by atoms with E-state index >= 15 is 0 Å². The molecule has 1 aliphatic rings. The molecule has 1 N–H and O–H groups in total. The van der Waals surface area contributed by atoms with E-state index in [1.54, 1.807) is 13.3 Å². The van der Waals surface area contributed by atoms with E-state index in [9.17, 15) is 4.79 Å². The Hall–Kier alpha value is -2.34. The lowest BCUT2D eigenvalue weighted by Gasteiger charge is -2.31. The molecule has 0 spiro atoms.